The molecule has 29 heavy (non-hydrogen) atoms. The van der Waals surface area contributed by atoms with Crippen LogP contribution in [0.15, 0.2) is 35.2 Å². The molecule has 1 N–H and O–H groups in total. The summed E-state index contributed by atoms with van der Waals surface area (Å²) in [6.07, 6.45) is 0.810. The van der Waals surface area contributed by atoms with Gasteiger partial charge in [0, 0.05) is 24.1 Å². The van der Waals surface area contributed by atoms with Gasteiger partial charge in [-0.25, -0.2) is 8.42 Å². The summed E-state index contributed by atoms with van der Waals surface area (Å²) in [6.45, 7) is 8.77. The number of hydrogen-bond donors (Lipinski definition) is 1. The second kappa shape index (κ2) is 8.82. The maximum Gasteiger partial charge on any atom is 0.262 e. The van der Waals surface area contributed by atoms with Gasteiger partial charge in [0.2, 0.25) is 0 Å². The van der Waals surface area contributed by atoms with E-state index in [4.69, 9.17) is 18.9 Å². The molecule has 1 aliphatic heterocycles. The highest BCUT2D eigenvalue weighted by molar-refractivity contribution is 7.92. The molecule has 2 aromatic carbocycles. The van der Waals surface area contributed by atoms with Crippen molar-refractivity contribution in [3.8, 4) is 23.0 Å². The quantitative estimate of drug-likeness (QED) is 0.659. The third-order valence-corrected chi connectivity index (χ3v) is 5.73. The first-order chi connectivity index (χ1) is 13.9. The van der Waals surface area contributed by atoms with E-state index < -0.39 is 10.0 Å². The van der Waals surface area contributed by atoms with E-state index in [1.54, 1.807) is 12.1 Å². The molecular formula is C21H27NO6S. The second-order valence-electron chi connectivity index (χ2n) is 6.60. The SMILES string of the molecule is CCOc1cc2c(cc1NS(=O)(=O)c1ccc(OCC)c(OCC)c1)OC(C)C2. The van der Waals surface area contributed by atoms with Crippen molar-refractivity contribution >= 4 is 15.7 Å². The van der Waals surface area contributed by atoms with Gasteiger partial charge in [-0.2, -0.15) is 0 Å². The largest absolute Gasteiger partial charge is 0.492 e. The molecule has 8 heteroatoms. The van der Waals surface area contributed by atoms with Gasteiger partial charge in [0.25, 0.3) is 10.0 Å². The highest BCUT2D eigenvalue weighted by atomic mass is 32.2. The lowest BCUT2D eigenvalue weighted by molar-refractivity contribution is 0.254. The van der Waals surface area contributed by atoms with Gasteiger partial charge in [-0.1, -0.05) is 0 Å². The molecule has 0 bridgehead atoms. The van der Waals surface area contributed by atoms with Gasteiger partial charge in [-0.15, -0.1) is 0 Å². The van der Waals surface area contributed by atoms with Gasteiger partial charge in [0.15, 0.2) is 11.5 Å². The molecule has 0 saturated carbocycles. The molecule has 0 spiro atoms. The van der Waals surface area contributed by atoms with E-state index in [-0.39, 0.29) is 11.0 Å². The molecule has 2 aromatic rings. The number of hydrogen-bond acceptors (Lipinski definition) is 6. The Balaban J connectivity index is 1.95. The summed E-state index contributed by atoms with van der Waals surface area (Å²) >= 11 is 0. The molecular weight excluding hydrogens is 394 g/mol. The summed E-state index contributed by atoms with van der Waals surface area (Å²) < 4.78 is 51.2. The smallest absolute Gasteiger partial charge is 0.262 e. The Morgan fingerprint density at radius 3 is 2.31 bits per heavy atom. The van der Waals surface area contributed by atoms with E-state index in [2.05, 4.69) is 4.72 Å². The zero-order valence-electron chi connectivity index (χ0n) is 17.2. The molecule has 0 fully saturated rings. The van der Waals surface area contributed by atoms with Gasteiger partial charge >= 0.3 is 0 Å². The van der Waals surface area contributed by atoms with Crippen molar-refractivity contribution in [2.75, 3.05) is 24.5 Å². The fraction of sp³-hybridized carbons (Fsp3) is 0.429. The van der Waals surface area contributed by atoms with Crippen LogP contribution in [0.1, 0.15) is 33.3 Å². The van der Waals surface area contributed by atoms with Crippen LogP contribution in [-0.2, 0) is 16.4 Å². The van der Waals surface area contributed by atoms with E-state index in [1.807, 2.05) is 33.8 Å². The number of nitrogens with one attached hydrogen (secondary N) is 1. The van der Waals surface area contributed by atoms with Crippen LogP contribution in [0.4, 0.5) is 5.69 Å². The third kappa shape index (κ3) is 4.70. The minimum Gasteiger partial charge on any atom is -0.492 e. The summed E-state index contributed by atoms with van der Waals surface area (Å²) in [5.41, 5.74) is 1.34. The van der Waals surface area contributed by atoms with Gasteiger partial charge in [-0.05, 0) is 45.9 Å². The van der Waals surface area contributed by atoms with Crippen LogP contribution in [-0.4, -0.2) is 34.3 Å². The van der Waals surface area contributed by atoms with Gasteiger partial charge in [0.1, 0.15) is 17.6 Å². The second-order valence-corrected chi connectivity index (χ2v) is 8.28. The predicted octanol–water partition coefficient (Wildman–Crippen LogP) is 4.01. The zero-order chi connectivity index (χ0) is 21.0. The minimum atomic E-state index is -3.88. The average molecular weight is 422 g/mol. The highest BCUT2D eigenvalue weighted by Crippen LogP contribution is 2.39. The number of fused-ring (bicyclic) bond motifs is 1. The lowest BCUT2D eigenvalue weighted by Crippen LogP contribution is -2.14. The predicted molar refractivity (Wildman–Crippen MR) is 111 cm³/mol. The average Bonchev–Trinajstić information content (AvgIpc) is 3.02. The van der Waals surface area contributed by atoms with E-state index in [1.165, 1.54) is 12.1 Å². The normalized spacial score (nSPS) is 15.4. The minimum absolute atomic E-state index is 0.0474. The summed E-state index contributed by atoms with van der Waals surface area (Å²) in [5.74, 6) is 2.03. The van der Waals surface area contributed by atoms with Gasteiger partial charge < -0.3 is 18.9 Å². The number of rotatable bonds is 9. The van der Waals surface area contributed by atoms with Crippen LogP contribution >= 0.6 is 0 Å². The van der Waals surface area contributed by atoms with Crippen LogP contribution in [0.5, 0.6) is 23.0 Å². The molecule has 0 saturated heterocycles. The topological polar surface area (TPSA) is 83.1 Å². The third-order valence-electron chi connectivity index (χ3n) is 4.37. The van der Waals surface area contributed by atoms with Gasteiger partial charge in [0.05, 0.1) is 30.4 Å². The molecule has 0 amide bonds. The summed E-state index contributed by atoms with van der Waals surface area (Å²) in [6, 6.07) is 8.06. The number of sulfonamides is 1. The van der Waals surface area contributed by atoms with Crippen molar-refractivity contribution in [1.82, 2.24) is 0 Å². The molecule has 0 aliphatic carbocycles. The van der Waals surface area contributed by atoms with Crippen molar-refractivity contribution in [2.45, 2.75) is 45.1 Å². The van der Waals surface area contributed by atoms with Crippen molar-refractivity contribution in [1.29, 1.82) is 0 Å². The Morgan fingerprint density at radius 1 is 0.966 bits per heavy atom. The Morgan fingerprint density at radius 2 is 1.62 bits per heavy atom. The molecule has 0 radical (unpaired) electrons. The maximum absolute atomic E-state index is 13.0. The first kappa shape index (κ1) is 21.1. The van der Waals surface area contributed by atoms with Crippen LogP contribution in [0.2, 0.25) is 0 Å². The van der Waals surface area contributed by atoms with Crippen LogP contribution in [0.25, 0.3) is 0 Å². The van der Waals surface area contributed by atoms with Crippen LogP contribution < -0.4 is 23.7 Å². The van der Waals surface area contributed by atoms with E-state index in [0.29, 0.717) is 48.5 Å². The van der Waals surface area contributed by atoms with Crippen molar-refractivity contribution in [3.05, 3.63) is 35.9 Å². The van der Waals surface area contributed by atoms with E-state index in [0.717, 1.165) is 12.0 Å². The Kier molecular flexibility index (Phi) is 6.42. The first-order valence-electron chi connectivity index (χ1n) is 9.76. The fourth-order valence-corrected chi connectivity index (χ4v) is 4.27. The van der Waals surface area contributed by atoms with Crippen LogP contribution in [0, 0.1) is 0 Å². The maximum atomic E-state index is 13.0. The number of benzene rings is 2. The molecule has 1 atom stereocenters. The Bertz CT molecular complexity index is 973. The zero-order valence-corrected chi connectivity index (χ0v) is 18.0. The van der Waals surface area contributed by atoms with Crippen LogP contribution in [0.3, 0.4) is 0 Å². The molecule has 158 valence electrons. The first-order valence-corrected chi connectivity index (χ1v) is 11.2. The standard InChI is InChI=1S/C21H27NO6S/c1-5-25-18-9-8-16(12-21(18)27-7-3)29(23,24)22-17-13-19-15(10-14(4)28-19)11-20(17)26-6-2/h8-9,11-14,22H,5-7,10H2,1-4H3. The highest BCUT2D eigenvalue weighted by Gasteiger charge is 2.25. The lowest BCUT2D eigenvalue weighted by Gasteiger charge is -2.16. The van der Waals surface area contributed by atoms with Gasteiger partial charge in [-0.3, -0.25) is 4.72 Å². The van der Waals surface area contributed by atoms with E-state index in [9.17, 15) is 8.42 Å². The number of anilines is 1. The molecule has 1 aliphatic rings. The fourth-order valence-electron chi connectivity index (χ4n) is 3.20. The molecule has 3 rings (SSSR count). The number of ether oxygens (including phenoxy) is 4. The molecule has 1 unspecified atom stereocenters. The summed E-state index contributed by atoms with van der Waals surface area (Å²) in [5, 5.41) is 0. The monoisotopic (exact) mass is 421 g/mol. The lowest BCUT2D eigenvalue weighted by atomic mass is 10.1. The summed E-state index contributed by atoms with van der Waals surface area (Å²) in [4.78, 5) is 0.0710. The molecule has 0 aromatic heterocycles. The van der Waals surface area contributed by atoms with Crippen molar-refractivity contribution < 1.29 is 27.4 Å². The van der Waals surface area contributed by atoms with E-state index >= 15 is 0 Å². The Hall–Kier alpha value is -2.61. The summed E-state index contributed by atoms with van der Waals surface area (Å²) in [7, 11) is -3.88. The Labute approximate surface area is 172 Å². The van der Waals surface area contributed by atoms with Crippen molar-refractivity contribution in [2.24, 2.45) is 0 Å². The molecule has 7 nitrogen and oxygen atoms in total. The van der Waals surface area contributed by atoms with Crippen molar-refractivity contribution in [3.63, 3.8) is 0 Å². The molecule has 1 heterocycles.